The number of nitrogens with zero attached hydrogens (tertiary/aromatic N) is 2. The molecular weight excluding hydrogens is 220 g/mol. The first-order valence-corrected chi connectivity index (χ1v) is 5.56. The lowest BCUT2D eigenvalue weighted by Gasteiger charge is -2.06. The van der Waals surface area contributed by atoms with E-state index in [4.69, 9.17) is 4.74 Å². The van der Waals surface area contributed by atoms with Crippen LogP contribution in [-0.4, -0.2) is 36.1 Å². The lowest BCUT2D eigenvalue weighted by Crippen LogP contribution is -2.29. The first-order chi connectivity index (χ1) is 8.15. The summed E-state index contributed by atoms with van der Waals surface area (Å²) < 4.78 is 5.00. The molecular formula is C11H18N4O2. The van der Waals surface area contributed by atoms with Crippen molar-refractivity contribution in [2.75, 3.05) is 25.5 Å². The molecule has 0 spiro atoms. The Morgan fingerprint density at radius 2 is 2.24 bits per heavy atom. The summed E-state index contributed by atoms with van der Waals surface area (Å²) in [5, 5.41) is 5.61. The van der Waals surface area contributed by atoms with Crippen LogP contribution in [-0.2, 0) is 4.79 Å². The smallest absolute Gasteiger partial charge is 0.240 e. The zero-order valence-electron chi connectivity index (χ0n) is 10.4. The van der Waals surface area contributed by atoms with Gasteiger partial charge in [0.2, 0.25) is 17.7 Å². The van der Waals surface area contributed by atoms with E-state index in [0.717, 1.165) is 18.7 Å². The molecule has 6 nitrogen and oxygen atoms in total. The minimum absolute atomic E-state index is 0.161. The molecule has 1 heterocycles. The molecule has 1 amide bonds. The third-order valence-electron chi connectivity index (χ3n) is 2.00. The van der Waals surface area contributed by atoms with Crippen LogP contribution in [0.2, 0.25) is 0 Å². The van der Waals surface area contributed by atoms with E-state index in [0.29, 0.717) is 5.88 Å². The number of amides is 1. The molecule has 0 saturated heterocycles. The molecule has 94 valence electrons. The van der Waals surface area contributed by atoms with Gasteiger partial charge in [-0.25, -0.2) is 4.98 Å². The number of nitrogens with one attached hydrogen (secondary N) is 2. The fourth-order valence-electron chi connectivity index (χ4n) is 1.25. The zero-order valence-corrected chi connectivity index (χ0v) is 10.4. The molecule has 0 bridgehead atoms. The van der Waals surface area contributed by atoms with Crippen molar-refractivity contribution < 1.29 is 9.53 Å². The van der Waals surface area contributed by atoms with E-state index in [-0.39, 0.29) is 18.4 Å². The number of ether oxygens (including phenoxy) is 1. The highest BCUT2D eigenvalue weighted by molar-refractivity contribution is 5.90. The SMILES string of the molecule is CCCNCC(=O)Nc1nc(C)cc(OC)n1. The van der Waals surface area contributed by atoms with Crippen LogP contribution in [0.1, 0.15) is 19.0 Å². The molecule has 0 aliphatic carbocycles. The number of hydrogen-bond acceptors (Lipinski definition) is 5. The molecule has 0 aliphatic heterocycles. The van der Waals surface area contributed by atoms with Gasteiger partial charge in [0.05, 0.1) is 13.7 Å². The number of hydrogen-bond donors (Lipinski definition) is 2. The third kappa shape index (κ3) is 4.78. The van der Waals surface area contributed by atoms with Crippen molar-refractivity contribution in [3.63, 3.8) is 0 Å². The summed E-state index contributed by atoms with van der Waals surface area (Å²) in [5.41, 5.74) is 0.744. The van der Waals surface area contributed by atoms with Crippen molar-refractivity contribution in [1.29, 1.82) is 0 Å². The van der Waals surface area contributed by atoms with Crippen molar-refractivity contribution >= 4 is 11.9 Å². The minimum atomic E-state index is -0.161. The first-order valence-electron chi connectivity index (χ1n) is 5.56. The average Bonchev–Trinajstić information content (AvgIpc) is 2.28. The van der Waals surface area contributed by atoms with Gasteiger partial charge in [0.15, 0.2) is 0 Å². The van der Waals surface area contributed by atoms with Gasteiger partial charge in [0, 0.05) is 11.8 Å². The lowest BCUT2D eigenvalue weighted by molar-refractivity contribution is -0.115. The topological polar surface area (TPSA) is 76.1 Å². The summed E-state index contributed by atoms with van der Waals surface area (Å²) in [6.45, 7) is 4.92. The van der Waals surface area contributed by atoms with Crippen LogP contribution in [0.3, 0.4) is 0 Å². The van der Waals surface area contributed by atoms with Gasteiger partial charge in [0.25, 0.3) is 0 Å². The minimum Gasteiger partial charge on any atom is -0.481 e. The Hall–Kier alpha value is -1.69. The van der Waals surface area contributed by atoms with E-state index in [2.05, 4.69) is 20.6 Å². The Kier molecular flexibility index (Phi) is 5.35. The number of anilines is 1. The molecule has 0 aromatic carbocycles. The predicted octanol–water partition coefficient (Wildman–Crippen LogP) is 0.732. The largest absolute Gasteiger partial charge is 0.481 e. The van der Waals surface area contributed by atoms with Crippen molar-refractivity contribution in [2.24, 2.45) is 0 Å². The van der Waals surface area contributed by atoms with Gasteiger partial charge < -0.3 is 10.1 Å². The Bertz CT molecular complexity index is 382. The molecule has 0 unspecified atom stereocenters. The molecule has 1 rings (SSSR count). The van der Waals surface area contributed by atoms with Crippen LogP contribution in [0.5, 0.6) is 5.88 Å². The van der Waals surface area contributed by atoms with Crippen molar-refractivity contribution in [1.82, 2.24) is 15.3 Å². The van der Waals surface area contributed by atoms with Gasteiger partial charge in [-0.2, -0.15) is 4.98 Å². The highest BCUT2D eigenvalue weighted by Gasteiger charge is 2.06. The van der Waals surface area contributed by atoms with Crippen LogP contribution in [0.15, 0.2) is 6.07 Å². The Labute approximate surface area is 101 Å². The molecule has 0 saturated carbocycles. The molecule has 2 N–H and O–H groups in total. The number of methoxy groups -OCH3 is 1. The summed E-state index contributed by atoms with van der Waals surface area (Å²) in [5.74, 6) is 0.547. The number of aromatic nitrogens is 2. The van der Waals surface area contributed by atoms with Gasteiger partial charge in [-0.3, -0.25) is 10.1 Å². The highest BCUT2D eigenvalue weighted by atomic mass is 16.5. The van der Waals surface area contributed by atoms with E-state index in [9.17, 15) is 4.79 Å². The van der Waals surface area contributed by atoms with Gasteiger partial charge in [-0.1, -0.05) is 6.92 Å². The fourth-order valence-corrected chi connectivity index (χ4v) is 1.25. The number of aryl methyl sites for hydroxylation is 1. The number of carbonyl (C=O) groups is 1. The molecule has 1 aromatic heterocycles. The van der Waals surface area contributed by atoms with Gasteiger partial charge in [-0.05, 0) is 19.9 Å². The van der Waals surface area contributed by atoms with E-state index < -0.39 is 0 Å². The molecule has 0 atom stereocenters. The summed E-state index contributed by atoms with van der Waals surface area (Å²) in [7, 11) is 1.52. The molecule has 0 radical (unpaired) electrons. The third-order valence-corrected chi connectivity index (χ3v) is 2.00. The highest BCUT2D eigenvalue weighted by Crippen LogP contribution is 2.10. The summed E-state index contributed by atoms with van der Waals surface area (Å²) >= 11 is 0. The second-order valence-corrected chi connectivity index (χ2v) is 3.60. The van der Waals surface area contributed by atoms with Crippen molar-refractivity contribution in [3.05, 3.63) is 11.8 Å². The standard InChI is InChI=1S/C11H18N4O2/c1-4-5-12-7-9(16)14-11-13-8(2)6-10(15-11)17-3/h6,12H,4-5,7H2,1-3H3,(H,13,14,15,16). The second-order valence-electron chi connectivity index (χ2n) is 3.60. The maximum Gasteiger partial charge on any atom is 0.240 e. The quantitative estimate of drug-likeness (QED) is 0.715. The molecule has 6 heteroatoms. The first kappa shape index (κ1) is 13.4. The van der Waals surface area contributed by atoms with Crippen LogP contribution in [0.25, 0.3) is 0 Å². The second kappa shape index (κ2) is 6.80. The maximum absolute atomic E-state index is 11.5. The van der Waals surface area contributed by atoms with E-state index >= 15 is 0 Å². The van der Waals surface area contributed by atoms with Crippen molar-refractivity contribution in [2.45, 2.75) is 20.3 Å². The number of carbonyl (C=O) groups excluding carboxylic acids is 1. The van der Waals surface area contributed by atoms with Gasteiger partial charge >= 0.3 is 0 Å². The number of rotatable bonds is 6. The summed E-state index contributed by atoms with van der Waals surface area (Å²) in [6, 6.07) is 1.70. The van der Waals surface area contributed by atoms with Crippen LogP contribution in [0, 0.1) is 6.92 Å². The fraction of sp³-hybridized carbons (Fsp3) is 0.545. The van der Waals surface area contributed by atoms with Crippen molar-refractivity contribution in [3.8, 4) is 5.88 Å². The van der Waals surface area contributed by atoms with E-state index in [1.165, 1.54) is 7.11 Å². The lowest BCUT2D eigenvalue weighted by atomic mass is 10.4. The Balaban J connectivity index is 2.55. The average molecular weight is 238 g/mol. The van der Waals surface area contributed by atoms with Crippen LogP contribution in [0.4, 0.5) is 5.95 Å². The zero-order chi connectivity index (χ0) is 12.7. The monoisotopic (exact) mass is 238 g/mol. The normalized spacial score (nSPS) is 10.1. The molecule has 0 fully saturated rings. The van der Waals surface area contributed by atoms with E-state index in [1.54, 1.807) is 6.07 Å². The van der Waals surface area contributed by atoms with E-state index in [1.807, 2.05) is 13.8 Å². The van der Waals surface area contributed by atoms with Crippen LogP contribution >= 0.6 is 0 Å². The van der Waals surface area contributed by atoms with Gasteiger partial charge in [-0.15, -0.1) is 0 Å². The Morgan fingerprint density at radius 3 is 2.88 bits per heavy atom. The molecule has 17 heavy (non-hydrogen) atoms. The summed E-state index contributed by atoms with van der Waals surface area (Å²) in [6.07, 6.45) is 0.988. The van der Waals surface area contributed by atoms with Crippen LogP contribution < -0.4 is 15.4 Å². The van der Waals surface area contributed by atoms with Gasteiger partial charge in [0.1, 0.15) is 0 Å². The Morgan fingerprint density at radius 1 is 1.47 bits per heavy atom. The molecule has 1 aromatic rings. The summed E-state index contributed by atoms with van der Waals surface area (Å²) in [4.78, 5) is 19.6. The maximum atomic E-state index is 11.5. The predicted molar refractivity (Wildman–Crippen MR) is 65.1 cm³/mol. The molecule has 0 aliphatic rings.